The zero-order chi connectivity index (χ0) is 16.1. The summed E-state index contributed by atoms with van der Waals surface area (Å²) in [7, 11) is 0. The Morgan fingerprint density at radius 3 is 1.32 bits per heavy atom. The second kappa shape index (κ2) is 14.5. The third kappa shape index (κ3) is 9.16. The predicted molar refractivity (Wildman–Crippen MR) is 85.6 cm³/mol. The molecule has 22 heavy (non-hydrogen) atoms. The SMILES string of the molecule is CCCCCCCC(CCCCCCC)(C(=O)O)C(=O)O.[H-].[Na+]. The fraction of sp³-hybridized carbons (Fsp3) is 0.882. The van der Waals surface area contributed by atoms with Gasteiger partial charge in [0.15, 0.2) is 5.41 Å². The van der Waals surface area contributed by atoms with Crippen LogP contribution in [0.2, 0.25) is 0 Å². The maximum atomic E-state index is 11.5. The Hall–Kier alpha value is -0.0600. The molecule has 0 aliphatic rings. The molecule has 0 fully saturated rings. The van der Waals surface area contributed by atoms with E-state index in [1.165, 1.54) is 0 Å². The fourth-order valence-electron chi connectivity index (χ4n) is 2.70. The molecular formula is C17H33NaO4. The molecule has 4 nitrogen and oxygen atoms in total. The molecule has 2 N–H and O–H groups in total. The van der Waals surface area contributed by atoms with Crippen molar-refractivity contribution in [3.63, 3.8) is 0 Å². The van der Waals surface area contributed by atoms with Crippen LogP contribution in [0, 0.1) is 5.41 Å². The van der Waals surface area contributed by atoms with Gasteiger partial charge in [0.25, 0.3) is 0 Å². The maximum Gasteiger partial charge on any atom is 1.00 e. The van der Waals surface area contributed by atoms with Crippen molar-refractivity contribution in [2.24, 2.45) is 5.41 Å². The number of unbranched alkanes of at least 4 members (excludes halogenated alkanes) is 8. The fourth-order valence-corrected chi connectivity index (χ4v) is 2.70. The number of aliphatic carboxylic acids is 2. The van der Waals surface area contributed by atoms with Crippen molar-refractivity contribution < 1.29 is 50.8 Å². The topological polar surface area (TPSA) is 74.6 Å². The van der Waals surface area contributed by atoms with E-state index in [9.17, 15) is 19.8 Å². The number of carboxylic acid groups (broad SMARTS) is 2. The molecule has 0 aromatic carbocycles. The molecule has 0 radical (unpaired) electrons. The quantitative estimate of drug-likeness (QED) is 0.291. The molecule has 5 heteroatoms. The average molecular weight is 324 g/mol. The Labute approximate surface area is 158 Å². The van der Waals surface area contributed by atoms with Crippen molar-refractivity contribution in [1.82, 2.24) is 0 Å². The summed E-state index contributed by atoms with van der Waals surface area (Å²) < 4.78 is 0. The van der Waals surface area contributed by atoms with Gasteiger partial charge in [0.2, 0.25) is 0 Å². The van der Waals surface area contributed by atoms with Crippen LogP contribution in [0.1, 0.15) is 92.3 Å². The Morgan fingerprint density at radius 2 is 1.05 bits per heavy atom. The van der Waals surface area contributed by atoms with Crippen LogP contribution in [0.4, 0.5) is 0 Å². The van der Waals surface area contributed by atoms with E-state index in [1.807, 2.05) is 0 Å². The van der Waals surface area contributed by atoms with Gasteiger partial charge in [-0.05, 0) is 12.8 Å². The molecule has 0 aromatic heterocycles. The van der Waals surface area contributed by atoms with Crippen LogP contribution >= 0.6 is 0 Å². The normalized spacial score (nSPS) is 11.0. The van der Waals surface area contributed by atoms with Gasteiger partial charge < -0.3 is 11.6 Å². The summed E-state index contributed by atoms with van der Waals surface area (Å²) in [6.45, 7) is 4.24. The van der Waals surface area contributed by atoms with Crippen LogP contribution in [0.5, 0.6) is 0 Å². The molecule has 0 aromatic rings. The van der Waals surface area contributed by atoms with Crippen molar-refractivity contribution in [2.75, 3.05) is 0 Å². The summed E-state index contributed by atoms with van der Waals surface area (Å²) in [5.74, 6) is -2.33. The first-order valence-corrected chi connectivity index (χ1v) is 8.48. The molecular weight excluding hydrogens is 291 g/mol. The minimum absolute atomic E-state index is 0. The molecule has 0 saturated carbocycles. The van der Waals surface area contributed by atoms with Crippen LogP contribution in [0.25, 0.3) is 0 Å². The molecule has 0 amide bonds. The molecule has 0 rings (SSSR count). The minimum atomic E-state index is -1.57. The van der Waals surface area contributed by atoms with Gasteiger partial charge >= 0.3 is 41.5 Å². The van der Waals surface area contributed by atoms with E-state index < -0.39 is 17.4 Å². The molecule has 0 unspecified atom stereocenters. The van der Waals surface area contributed by atoms with Crippen LogP contribution in [0.15, 0.2) is 0 Å². The van der Waals surface area contributed by atoms with E-state index in [1.54, 1.807) is 0 Å². The van der Waals surface area contributed by atoms with E-state index in [2.05, 4.69) is 13.8 Å². The minimum Gasteiger partial charge on any atom is -1.00 e. The largest absolute Gasteiger partial charge is 1.00 e. The van der Waals surface area contributed by atoms with Crippen molar-refractivity contribution in [1.29, 1.82) is 0 Å². The van der Waals surface area contributed by atoms with Gasteiger partial charge in [0.1, 0.15) is 0 Å². The summed E-state index contributed by atoms with van der Waals surface area (Å²) in [6.07, 6.45) is 10.4. The van der Waals surface area contributed by atoms with E-state index >= 15 is 0 Å². The number of hydrogen-bond acceptors (Lipinski definition) is 2. The Kier molecular flexibility index (Phi) is 16.0. The van der Waals surface area contributed by atoms with Crippen molar-refractivity contribution >= 4 is 11.9 Å². The molecule has 0 saturated heterocycles. The number of rotatable bonds is 14. The first-order chi connectivity index (χ1) is 10.0. The zero-order valence-electron chi connectivity index (χ0n) is 15.7. The van der Waals surface area contributed by atoms with E-state index in [0.29, 0.717) is 12.8 Å². The molecule has 126 valence electrons. The second-order valence-corrected chi connectivity index (χ2v) is 6.02. The smallest absolute Gasteiger partial charge is 1.00 e. The zero-order valence-corrected chi connectivity index (χ0v) is 16.7. The molecule has 0 heterocycles. The van der Waals surface area contributed by atoms with Crippen LogP contribution < -0.4 is 29.6 Å². The molecule has 0 aliphatic carbocycles. The summed E-state index contributed by atoms with van der Waals surface area (Å²) >= 11 is 0. The van der Waals surface area contributed by atoms with E-state index in [-0.39, 0.29) is 43.8 Å². The van der Waals surface area contributed by atoms with Crippen LogP contribution in [-0.4, -0.2) is 22.2 Å². The summed E-state index contributed by atoms with van der Waals surface area (Å²) in [5.41, 5.74) is -1.57. The first-order valence-electron chi connectivity index (χ1n) is 8.48. The van der Waals surface area contributed by atoms with Crippen LogP contribution in [0.3, 0.4) is 0 Å². The first kappa shape index (κ1) is 24.2. The van der Waals surface area contributed by atoms with Crippen molar-refractivity contribution in [2.45, 2.75) is 90.9 Å². The maximum absolute atomic E-state index is 11.5. The van der Waals surface area contributed by atoms with Gasteiger partial charge in [-0.15, -0.1) is 0 Å². The van der Waals surface area contributed by atoms with Gasteiger partial charge in [0.05, 0.1) is 0 Å². The molecule has 0 atom stereocenters. The number of hydrogen-bond donors (Lipinski definition) is 2. The number of carbonyl (C=O) groups is 2. The average Bonchev–Trinajstić information content (AvgIpc) is 2.44. The number of carboxylic acids is 2. The van der Waals surface area contributed by atoms with Gasteiger partial charge in [-0.25, -0.2) is 0 Å². The summed E-state index contributed by atoms with van der Waals surface area (Å²) in [6, 6.07) is 0. The summed E-state index contributed by atoms with van der Waals surface area (Å²) in [5, 5.41) is 18.8. The van der Waals surface area contributed by atoms with Crippen molar-refractivity contribution in [3.8, 4) is 0 Å². The Morgan fingerprint density at radius 1 is 0.727 bits per heavy atom. The third-order valence-electron chi connectivity index (χ3n) is 4.23. The van der Waals surface area contributed by atoms with Gasteiger partial charge in [-0.1, -0.05) is 78.1 Å². The standard InChI is InChI=1S/C17H32O4.Na.H/c1-3-5-7-9-11-13-17(15(18)19,16(20)21)14-12-10-8-6-4-2;;/h3-14H2,1-2H3,(H,18,19)(H,20,21);;/q;+1;-1. The van der Waals surface area contributed by atoms with Crippen molar-refractivity contribution in [3.05, 3.63) is 0 Å². The van der Waals surface area contributed by atoms with Gasteiger partial charge in [-0.2, -0.15) is 0 Å². The Balaban J connectivity index is -0.00000200. The van der Waals surface area contributed by atoms with Gasteiger partial charge in [-0.3, -0.25) is 9.59 Å². The summed E-state index contributed by atoms with van der Waals surface area (Å²) in [4.78, 5) is 23.0. The molecule has 0 bridgehead atoms. The molecule has 0 spiro atoms. The van der Waals surface area contributed by atoms with Gasteiger partial charge in [0, 0.05) is 0 Å². The van der Waals surface area contributed by atoms with E-state index in [0.717, 1.165) is 51.4 Å². The monoisotopic (exact) mass is 324 g/mol. The molecule has 0 aliphatic heterocycles. The van der Waals surface area contributed by atoms with Crippen LogP contribution in [-0.2, 0) is 9.59 Å². The Bertz CT molecular complexity index is 281. The van der Waals surface area contributed by atoms with E-state index in [4.69, 9.17) is 0 Å². The second-order valence-electron chi connectivity index (χ2n) is 6.02. The predicted octanol–water partition coefficient (Wildman–Crippen LogP) is 1.98. The third-order valence-corrected chi connectivity index (χ3v) is 4.23.